The number of rotatable bonds is 27. The Morgan fingerprint density at radius 1 is 0.704 bits per heavy atom. The first kappa shape index (κ1) is 65.4. The van der Waals surface area contributed by atoms with Crippen molar-refractivity contribution in [2.75, 3.05) is 61.8 Å². The van der Waals surface area contributed by atoms with E-state index >= 15 is 0 Å². The van der Waals surface area contributed by atoms with Gasteiger partial charge in [-0.3, -0.25) is 48.5 Å². The van der Waals surface area contributed by atoms with E-state index in [4.69, 9.17) is 44.2 Å². The van der Waals surface area contributed by atoms with E-state index in [9.17, 15) is 43.8 Å². The van der Waals surface area contributed by atoms with E-state index in [2.05, 4.69) is 26.0 Å². The Morgan fingerprint density at radius 3 is 1.90 bits per heavy atom. The highest BCUT2D eigenvalue weighted by Gasteiger charge is 2.68. The van der Waals surface area contributed by atoms with Crippen LogP contribution in [-0.2, 0) is 57.2 Å². The predicted octanol–water partition coefficient (Wildman–Crippen LogP) is 6.40. The molecule has 0 aromatic heterocycles. The molecule has 448 valence electrons. The van der Waals surface area contributed by atoms with Crippen LogP contribution in [0.5, 0.6) is 0 Å². The second-order valence-corrected chi connectivity index (χ2v) is 23.6. The molecule has 1 unspecified atom stereocenters. The highest BCUT2D eigenvalue weighted by molar-refractivity contribution is 6.12. The smallest absolute Gasteiger partial charge is 0.306 e. The number of allylic oxidation sites excluding steroid dienone is 5. The number of fused-ring (bicyclic) bond motifs is 6. The van der Waals surface area contributed by atoms with Gasteiger partial charge in [0.25, 0.3) is 0 Å². The van der Waals surface area contributed by atoms with Crippen LogP contribution in [0.15, 0.2) is 54.4 Å². The van der Waals surface area contributed by atoms with Crippen LogP contribution < -0.4 is 16.0 Å². The standard InChI is InChI=1S/C58H87N9O14/c1-34-48-36(18-20-43(71)77-9)53(3,4)39(63-48)31-40-58(76,25-22-41(69)60-26-16-14-15-17-27-62-67-59)56(7,32-42(70)61-28-29-68)51(64-40)35(2)49-37(19-21-44(72)78-10)55(6,33-47(75)81-13)57(8,66-49)52-38(30-46(74)80-12)54(5,50(34)65-52)24-23-45(73)79-11/h31,36-38,52,66,68,76H,14-30,32-33H2,1-13H3,(H,60,69)(H,61,70)/b40-31?,48-34-,49-35-/t36-,37-,38+,52?,54-,55+,56-,57+,58+/m1/s1. The molecule has 5 aliphatic rings. The first-order valence-electron chi connectivity index (χ1n) is 28.1. The minimum Gasteiger partial charge on any atom is -0.469 e. The molecule has 1 saturated heterocycles. The molecule has 5 N–H and O–H groups in total. The van der Waals surface area contributed by atoms with E-state index in [1.807, 2.05) is 41.5 Å². The van der Waals surface area contributed by atoms with Gasteiger partial charge < -0.3 is 49.8 Å². The molecule has 0 aromatic carbocycles. The number of ether oxygens (including phenoxy) is 5. The van der Waals surface area contributed by atoms with E-state index in [0.29, 0.717) is 59.9 Å². The first-order chi connectivity index (χ1) is 38.2. The third-order valence-electron chi connectivity index (χ3n) is 18.7. The van der Waals surface area contributed by atoms with E-state index in [0.717, 1.165) is 12.8 Å². The van der Waals surface area contributed by atoms with Crippen molar-refractivity contribution in [2.24, 2.45) is 59.5 Å². The second-order valence-electron chi connectivity index (χ2n) is 23.6. The fourth-order valence-corrected chi connectivity index (χ4v) is 13.5. The van der Waals surface area contributed by atoms with Crippen molar-refractivity contribution in [3.63, 3.8) is 0 Å². The molecule has 0 spiro atoms. The van der Waals surface area contributed by atoms with E-state index < -0.39 is 98.8 Å². The molecule has 8 bridgehead atoms. The second kappa shape index (κ2) is 27.1. The van der Waals surface area contributed by atoms with Gasteiger partial charge in [-0.1, -0.05) is 52.6 Å². The average Bonchev–Trinajstić information content (AvgIpc) is 4.24. The number of aliphatic hydroxyl groups excluding tert-OH is 1. The molecule has 2 amide bonds. The third kappa shape index (κ3) is 13.3. The maximum atomic E-state index is 14.3. The summed E-state index contributed by atoms with van der Waals surface area (Å²) in [5, 5.41) is 37.0. The average molecular weight is 1130 g/mol. The van der Waals surface area contributed by atoms with Gasteiger partial charge in [0.15, 0.2) is 0 Å². The van der Waals surface area contributed by atoms with Gasteiger partial charge in [-0.2, -0.15) is 0 Å². The van der Waals surface area contributed by atoms with Gasteiger partial charge in [0.1, 0.15) is 5.60 Å². The summed E-state index contributed by atoms with van der Waals surface area (Å²) in [5.41, 5.74) is 3.59. The van der Waals surface area contributed by atoms with Crippen LogP contribution in [0.4, 0.5) is 0 Å². The summed E-state index contributed by atoms with van der Waals surface area (Å²) in [5.74, 6) is -5.57. The summed E-state index contributed by atoms with van der Waals surface area (Å²) >= 11 is 0. The number of hydrogen-bond donors (Lipinski definition) is 5. The summed E-state index contributed by atoms with van der Waals surface area (Å²) in [6.45, 7) is 15.3. The molecule has 23 heteroatoms. The van der Waals surface area contributed by atoms with Gasteiger partial charge in [-0.15, -0.1) is 0 Å². The highest BCUT2D eigenvalue weighted by atomic mass is 16.5. The summed E-state index contributed by atoms with van der Waals surface area (Å²) in [7, 11) is 6.45. The molecule has 0 aliphatic carbocycles. The third-order valence-corrected chi connectivity index (χ3v) is 18.7. The van der Waals surface area contributed by atoms with Crippen LogP contribution in [-0.4, -0.2) is 148 Å². The number of nitrogens with one attached hydrogen (secondary N) is 3. The van der Waals surface area contributed by atoms with Crippen molar-refractivity contribution in [3.05, 3.63) is 44.8 Å². The zero-order chi connectivity index (χ0) is 60.3. The number of unbranched alkanes of at least 4 members (excludes halogenated alkanes) is 3. The molecule has 5 rings (SSSR count). The summed E-state index contributed by atoms with van der Waals surface area (Å²) in [4.78, 5) is 115. The minimum atomic E-state index is -2.10. The summed E-state index contributed by atoms with van der Waals surface area (Å²) < 4.78 is 26.4. The lowest BCUT2D eigenvalue weighted by Crippen LogP contribution is -2.60. The summed E-state index contributed by atoms with van der Waals surface area (Å²) in [6.07, 6.45) is 3.63. The zero-order valence-corrected chi connectivity index (χ0v) is 49.8. The molecule has 1 fully saturated rings. The van der Waals surface area contributed by atoms with Crippen LogP contribution in [0.3, 0.4) is 0 Å². The maximum absolute atomic E-state index is 14.3. The monoisotopic (exact) mass is 1130 g/mol. The molecule has 81 heavy (non-hydrogen) atoms. The topological polar surface area (TPSA) is 328 Å². The van der Waals surface area contributed by atoms with Crippen molar-refractivity contribution in [2.45, 2.75) is 169 Å². The van der Waals surface area contributed by atoms with E-state index in [-0.39, 0.29) is 94.7 Å². The lowest BCUT2D eigenvalue weighted by Gasteiger charge is -2.48. The van der Waals surface area contributed by atoms with Gasteiger partial charge in [-0.05, 0) is 82.0 Å². The van der Waals surface area contributed by atoms with Crippen molar-refractivity contribution >= 4 is 58.8 Å². The molecular formula is C58H87N9O14. The number of amides is 2. The van der Waals surface area contributed by atoms with Crippen molar-refractivity contribution in [3.8, 4) is 0 Å². The highest BCUT2D eigenvalue weighted by Crippen LogP contribution is 2.62. The fraction of sp³-hybridized carbons (Fsp3) is 0.724. The number of carbonyl (C=O) groups is 7. The van der Waals surface area contributed by atoms with Crippen LogP contribution in [0.25, 0.3) is 10.4 Å². The Morgan fingerprint density at radius 2 is 1.30 bits per heavy atom. The molecule has 5 aliphatic heterocycles. The SMILES string of the molecule is COC(=O)CC[C@@H]1/C2=C(\C)C3=NC([C@H](CC(=O)OC)[C@@]3(C)CCC(=O)OC)[C@]3(C)N/C(=C(/C)C4=NC(=CC(=N2)C1(C)C)[C@@](O)(CCC(=O)NCCCCCCN=[N+]=[N-])[C@]4(C)CC(=O)NCCO)[C@@H](CCC(=O)OC)[C@]3(C)CC(=O)OC. The molecule has 23 nitrogen and oxygen atoms in total. The Kier molecular flexibility index (Phi) is 21.9. The molecule has 9 atom stereocenters. The first-order valence-corrected chi connectivity index (χ1v) is 28.1. The van der Waals surface area contributed by atoms with Crippen LogP contribution in [0.2, 0.25) is 0 Å². The molecule has 0 aromatic rings. The Bertz CT molecular complexity index is 2690. The largest absolute Gasteiger partial charge is 0.469 e. The summed E-state index contributed by atoms with van der Waals surface area (Å²) in [6, 6.07) is -0.926. The zero-order valence-electron chi connectivity index (χ0n) is 49.8. The number of aliphatic hydroxyl groups is 2. The lowest BCUT2D eigenvalue weighted by molar-refractivity contribution is -0.147. The number of azide groups is 1. The predicted molar refractivity (Wildman–Crippen MR) is 301 cm³/mol. The number of nitrogens with zero attached hydrogens (tertiary/aromatic N) is 6. The Hall–Kier alpha value is -6.45. The molecule has 0 saturated carbocycles. The van der Waals surface area contributed by atoms with E-state index in [1.165, 1.54) is 35.5 Å². The lowest BCUT2D eigenvalue weighted by atomic mass is 9.56. The van der Waals surface area contributed by atoms with Crippen molar-refractivity contribution in [1.82, 2.24) is 16.0 Å². The number of carbonyl (C=O) groups excluding carboxylic acids is 7. The van der Waals surface area contributed by atoms with Crippen molar-refractivity contribution < 1.29 is 67.5 Å². The number of hydrogen-bond acceptors (Lipinski definition) is 19. The van der Waals surface area contributed by atoms with Gasteiger partial charge >= 0.3 is 29.8 Å². The molecule has 5 heterocycles. The molecule has 0 radical (unpaired) electrons. The van der Waals surface area contributed by atoms with Crippen LogP contribution >= 0.6 is 0 Å². The Balaban J connectivity index is 1.95. The van der Waals surface area contributed by atoms with E-state index in [1.54, 1.807) is 19.9 Å². The quantitative estimate of drug-likeness (QED) is 0.0148. The Labute approximate surface area is 475 Å². The van der Waals surface area contributed by atoms with Gasteiger partial charge in [-0.25, -0.2) is 0 Å². The minimum absolute atomic E-state index is 0.00779. The number of aliphatic imine (C=N–C) groups is 3. The van der Waals surface area contributed by atoms with Gasteiger partial charge in [0, 0.05) is 113 Å². The normalized spacial score (nSPS) is 30.7. The number of methoxy groups -OCH3 is 5. The van der Waals surface area contributed by atoms with Gasteiger partial charge in [0.2, 0.25) is 11.8 Å². The van der Waals surface area contributed by atoms with Crippen LogP contribution in [0, 0.1) is 39.4 Å². The van der Waals surface area contributed by atoms with Crippen LogP contribution in [0.1, 0.15) is 152 Å². The van der Waals surface area contributed by atoms with Gasteiger partial charge in [0.05, 0.1) is 83.4 Å². The maximum Gasteiger partial charge on any atom is 0.306 e. The molecular weight excluding hydrogens is 1050 g/mol. The number of esters is 5. The van der Waals surface area contributed by atoms with Crippen molar-refractivity contribution in [1.29, 1.82) is 0 Å². The fourth-order valence-electron chi connectivity index (χ4n) is 13.5.